The Labute approximate surface area is 211 Å². The average Bonchev–Trinajstić information content (AvgIpc) is 3.37. The molecule has 0 radical (unpaired) electrons. The van der Waals surface area contributed by atoms with E-state index in [9.17, 15) is 4.79 Å². The Balaban J connectivity index is 1.52. The molecule has 36 heavy (non-hydrogen) atoms. The van der Waals surface area contributed by atoms with Crippen LogP contribution >= 0.6 is 0 Å². The third kappa shape index (κ3) is 4.83. The zero-order valence-electron chi connectivity index (χ0n) is 21.6. The van der Waals surface area contributed by atoms with Crippen LogP contribution in [0.3, 0.4) is 0 Å². The maximum atomic E-state index is 13.5. The number of fused-ring (bicyclic) bond motifs is 1. The second-order valence-corrected chi connectivity index (χ2v) is 10.5. The number of hydrogen-bond donors (Lipinski definition) is 1. The van der Waals surface area contributed by atoms with Gasteiger partial charge in [0.1, 0.15) is 6.04 Å². The van der Waals surface area contributed by atoms with Gasteiger partial charge in [-0.15, -0.1) is 5.10 Å². The number of aromatic amines is 1. The fraction of sp³-hybridized carbons (Fsp3) is 0.429. The first-order chi connectivity index (χ1) is 17.4. The lowest BCUT2D eigenvalue weighted by molar-refractivity contribution is 0.0968. The molecule has 0 aliphatic carbocycles. The minimum atomic E-state index is -0.334. The lowest BCUT2D eigenvalue weighted by Crippen LogP contribution is -2.49. The second-order valence-electron chi connectivity index (χ2n) is 10.5. The number of benzene rings is 2. The van der Waals surface area contributed by atoms with Gasteiger partial charge in [0.15, 0.2) is 5.82 Å². The second kappa shape index (κ2) is 9.95. The minimum Gasteiger partial charge on any atom is -0.322 e. The highest BCUT2D eigenvalue weighted by molar-refractivity contribution is 5.79. The molecule has 2 aromatic heterocycles. The molecule has 1 aliphatic heterocycles. The van der Waals surface area contributed by atoms with Gasteiger partial charge in [0.2, 0.25) is 0 Å². The fourth-order valence-corrected chi connectivity index (χ4v) is 5.00. The molecule has 1 unspecified atom stereocenters. The number of H-pyrrole nitrogens is 1. The molecular weight excluding hydrogens is 450 g/mol. The van der Waals surface area contributed by atoms with Crippen molar-refractivity contribution in [2.75, 3.05) is 26.2 Å². The van der Waals surface area contributed by atoms with E-state index in [0.29, 0.717) is 5.56 Å². The summed E-state index contributed by atoms with van der Waals surface area (Å²) in [4.78, 5) is 21.4. The van der Waals surface area contributed by atoms with Gasteiger partial charge in [-0.25, -0.2) is 4.68 Å². The first-order valence-electron chi connectivity index (χ1n) is 12.8. The maximum absolute atomic E-state index is 13.5. The summed E-state index contributed by atoms with van der Waals surface area (Å²) in [6.07, 6.45) is 0.871. The number of hydrogen-bond acceptors (Lipinski definition) is 6. The topological polar surface area (TPSA) is 82.9 Å². The molecule has 3 heterocycles. The minimum absolute atomic E-state index is 0.0892. The van der Waals surface area contributed by atoms with E-state index in [1.807, 2.05) is 23.7 Å². The van der Waals surface area contributed by atoms with Crippen molar-refractivity contribution in [3.05, 3.63) is 87.5 Å². The zero-order chi connectivity index (χ0) is 25.3. The summed E-state index contributed by atoms with van der Waals surface area (Å²) in [5.41, 5.74) is 3.61. The Bertz CT molecular complexity index is 1380. The molecule has 0 spiro atoms. The largest absolute Gasteiger partial charge is 0.322 e. The Morgan fingerprint density at radius 3 is 2.50 bits per heavy atom. The Hall–Kier alpha value is -3.36. The van der Waals surface area contributed by atoms with E-state index in [4.69, 9.17) is 0 Å². The van der Waals surface area contributed by atoms with Crippen LogP contribution in [0.15, 0.2) is 59.4 Å². The van der Waals surface area contributed by atoms with E-state index in [0.717, 1.165) is 61.4 Å². The van der Waals surface area contributed by atoms with Crippen molar-refractivity contribution in [2.45, 2.75) is 52.2 Å². The number of tetrazole rings is 1. The molecule has 1 aliphatic rings. The molecule has 0 bridgehead atoms. The van der Waals surface area contributed by atoms with E-state index < -0.39 is 0 Å². The van der Waals surface area contributed by atoms with Crippen LogP contribution in [0.4, 0.5) is 0 Å². The van der Waals surface area contributed by atoms with Gasteiger partial charge in [0, 0.05) is 43.8 Å². The van der Waals surface area contributed by atoms with Gasteiger partial charge >= 0.3 is 0 Å². The Kier molecular flexibility index (Phi) is 6.73. The van der Waals surface area contributed by atoms with Crippen LogP contribution in [-0.4, -0.2) is 61.2 Å². The highest BCUT2D eigenvalue weighted by atomic mass is 16.1. The van der Waals surface area contributed by atoms with Crippen LogP contribution in [-0.2, 0) is 12.1 Å². The number of aromatic nitrogens is 5. The van der Waals surface area contributed by atoms with E-state index in [-0.39, 0.29) is 17.1 Å². The number of nitrogens with one attached hydrogen (secondary N) is 1. The highest BCUT2D eigenvalue weighted by Gasteiger charge is 2.35. The van der Waals surface area contributed by atoms with Crippen LogP contribution < -0.4 is 5.56 Å². The molecule has 8 nitrogen and oxygen atoms in total. The third-order valence-corrected chi connectivity index (χ3v) is 7.52. The predicted octanol–water partition coefficient (Wildman–Crippen LogP) is 3.88. The average molecular weight is 486 g/mol. The monoisotopic (exact) mass is 485 g/mol. The van der Waals surface area contributed by atoms with Crippen molar-refractivity contribution in [1.29, 1.82) is 0 Å². The molecule has 1 atom stereocenters. The number of nitrogens with zero attached hydrogens (tertiary/aromatic N) is 6. The lowest BCUT2D eigenvalue weighted by Gasteiger charge is -2.39. The van der Waals surface area contributed by atoms with Crippen molar-refractivity contribution in [2.24, 2.45) is 0 Å². The quantitative estimate of drug-likeness (QED) is 0.428. The molecule has 2 aromatic carbocycles. The van der Waals surface area contributed by atoms with Crippen LogP contribution in [0, 0.1) is 6.92 Å². The first kappa shape index (κ1) is 24.3. The van der Waals surface area contributed by atoms with Crippen molar-refractivity contribution in [1.82, 2.24) is 35.0 Å². The van der Waals surface area contributed by atoms with Crippen molar-refractivity contribution < 1.29 is 0 Å². The number of piperazine rings is 1. The Morgan fingerprint density at radius 1 is 1.03 bits per heavy atom. The van der Waals surface area contributed by atoms with Gasteiger partial charge < -0.3 is 4.98 Å². The maximum Gasteiger partial charge on any atom is 0.253 e. The van der Waals surface area contributed by atoms with Crippen LogP contribution in [0.25, 0.3) is 10.9 Å². The van der Waals surface area contributed by atoms with E-state index in [1.54, 1.807) is 0 Å². The van der Waals surface area contributed by atoms with Gasteiger partial charge in [0.05, 0.1) is 5.54 Å². The number of rotatable bonds is 7. The highest BCUT2D eigenvalue weighted by Crippen LogP contribution is 2.31. The summed E-state index contributed by atoms with van der Waals surface area (Å²) in [5.74, 6) is 0.718. The molecule has 188 valence electrons. The van der Waals surface area contributed by atoms with Gasteiger partial charge in [-0.1, -0.05) is 49.4 Å². The summed E-state index contributed by atoms with van der Waals surface area (Å²) in [5, 5.41) is 14.0. The summed E-state index contributed by atoms with van der Waals surface area (Å²) >= 11 is 0. The molecule has 4 aromatic rings. The smallest absolute Gasteiger partial charge is 0.253 e. The van der Waals surface area contributed by atoms with Crippen molar-refractivity contribution in [3.8, 4) is 0 Å². The standard InChI is InChI=1S/C28H35N7O/c1-5-28(3,4)35-26(30-31-32-35)25(23-18-22-12-11-20(2)17-24(22)29-27(23)36)34-15-13-33(14-16-34)19-21-9-7-6-8-10-21/h6-12,17-18,25H,5,13-16,19H2,1-4H3,(H,29,36). The number of aryl methyl sites for hydroxylation is 1. The molecule has 0 saturated carbocycles. The normalized spacial score (nSPS) is 16.4. The third-order valence-electron chi connectivity index (χ3n) is 7.52. The molecule has 1 fully saturated rings. The van der Waals surface area contributed by atoms with E-state index >= 15 is 0 Å². The van der Waals surface area contributed by atoms with Crippen molar-refractivity contribution in [3.63, 3.8) is 0 Å². The zero-order valence-corrected chi connectivity index (χ0v) is 21.6. The summed E-state index contributed by atoms with van der Waals surface area (Å²) in [7, 11) is 0. The molecule has 5 rings (SSSR count). The Morgan fingerprint density at radius 2 is 1.78 bits per heavy atom. The van der Waals surface area contributed by atoms with Crippen LogP contribution in [0.1, 0.15) is 55.7 Å². The SMILES string of the molecule is CCC(C)(C)n1nnnc1C(c1cc2ccc(C)cc2[nH]c1=O)N1CCN(Cc2ccccc2)CC1. The predicted molar refractivity (Wildman–Crippen MR) is 142 cm³/mol. The van der Waals surface area contributed by atoms with Gasteiger partial charge in [0.25, 0.3) is 5.56 Å². The molecule has 1 saturated heterocycles. The van der Waals surface area contributed by atoms with Crippen LogP contribution in [0.5, 0.6) is 0 Å². The van der Waals surface area contributed by atoms with Gasteiger partial charge in [-0.05, 0) is 66.3 Å². The summed E-state index contributed by atoms with van der Waals surface area (Å²) < 4.78 is 1.91. The van der Waals surface area contributed by atoms with E-state index in [1.165, 1.54) is 5.56 Å². The van der Waals surface area contributed by atoms with Crippen LogP contribution in [0.2, 0.25) is 0 Å². The van der Waals surface area contributed by atoms with Gasteiger partial charge in [-0.2, -0.15) is 0 Å². The van der Waals surface area contributed by atoms with Crippen molar-refractivity contribution >= 4 is 10.9 Å². The first-order valence-corrected chi connectivity index (χ1v) is 12.8. The van der Waals surface area contributed by atoms with Gasteiger partial charge in [-0.3, -0.25) is 14.6 Å². The molecule has 0 amide bonds. The molecule has 1 N–H and O–H groups in total. The molecular formula is C28H35N7O. The number of pyridine rings is 1. The molecule has 8 heteroatoms. The lowest BCUT2D eigenvalue weighted by atomic mass is 9.98. The fourth-order valence-electron chi connectivity index (χ4n) is 5.00. The van der Waals surface area contributed by atoms with E-state index in [2.05, 4.69) is 93.5 Å². The summed E-state index contributed by atoms with van der Waals surface area (Å²) in [6, 6.07) is 18.4. The summed E-state index contributed by atoms with van der Waals surface area (Å²) in [6.45, 7) is 12.8.